The van der Waals surface area contributed by atoms with Crippen molar-refractivity contribution in [1.82, 2.24) is 4.72 Å². The molecular formula is C14H20N2O4S. The largest absolute Gasteiger partial charge is 0.454 e. The van der Waals surface area contributed by atoms with E-state index in [4.69, 9.17) is 15.2 Å². The summed E-state index contributed by atoms with van der Waals surface area (Å²) in [7, 11) is -3.57. The van der Waals surface area contributed by atoms with Gasteiger partial charge in [-0.25, -0.2) is 13.1 Å². The summed E-state index contributed by atoms with van der Waals surface area (Å²) in [5.74, 6) is 1.26. The standard InChI is InChI=1S/C14H20N2O4S/c15-8-10-3-1-2-4-12(10)16-21(17,18)11-5-6-13-14(7-11)20-9-19-13/h5-7,10,12,16H,1-4,8-9,15H2. The van der Waals surface area contributed by atoms with Crippen molar-refractivity contribution in [2.24, 2.45) is 11.7 Å². The SMILES string of the molecule is NCC1CCCCC1NS(=O)(=O)c1ccc2c(c1)OCO2. The Hall–Kier alpha value is -1.31. The van der Waals surface area contributed by atoms with E-state index in [-0.39, 0.29) is 23.6 Å². The van der Waals surface area contributed by atoms with Crippen molar-refractivity contribution in [2.75, 3.05) is 13.3 Å². The monoisotopic (exact) mass is 312 g/mol. The zero-order valence-electron chi connectivity index (χ0n) is 11.7. The van der Waals surface area contributed by atoms with Crippen LogP contribution >= 0.6 is 0 Å². The Morgan fingerprint density at radius 2 is 1.95 bits per heavy atom. The Kier molecular flexibility index (Phi) is 4.05. The fraction of sp³-hybridized carbons (Fsp3) is 0.571. The Morgan fingerprint density at radius 1 is 1.19 bits per heavy atom. The van der Waals surface area contributed by atoms with Crippen LogP contribution in [0, 0.1) is 5.92 Å². The molecule has 1 aliphatic heterocycles. The molecule has 0 amide bonds. The average Bonchev–Trinajstić information content (AvgIpc) is 2.95. The lowest BCUT2D eigenvalue weighted by Gasteiger charge is -2.31. The second-order valence-electron chi connectivity index (χ2n) is 5.52. The highest BCUT2D eigenvalue weighted by molar-refractivity contribution is 7.89. The molecular weight excluding hydrogens is 292 g/mol. The van der Waals surface area contributed by atoms with Crippen LogP contribution < -0.4 is 19.9 Å². The quantitative estimate of drug-likeness (QED) is 0.872. The second-order valence-corrected chi connectivity index (χ2v) is 7.24. The Bertz CT molecular complexity index is 617. The number of nitrogens with one attached hydrogen (secondary N) is 1. The molecule has 0 bridgehead atoms. The maximum absolute atomic E-state index is 12.5. The average molecular weight is 312 g/mol. The Labute approximate surface area is 124 Å². The Morgan fingerprint density at radius 3 is 2.76 bits per heavy atom. The van der Waals surface area contributed by atoms with Crippen molar-refractivity contribution >= 4 is 10.0 Å². The first-order valence-electron chi connectivity index (χ1n) is 7.22. The van der Waals surface area contributed by atoms with Gasteiger partial charge in [-0.3, -0.25) is 0 Å². The third kappa shape index (κ3) is 3.00. The van der Waals surface area contributed by atoms with E-state index in [9.17, 15) is 8.42 Å². The van der Waals surface area contributed by atoms with Crippen LogP contribution in [0.2, 0.25) is 0 Å². The summed E-state index contributed by atoms with van der Waals surface area (Å²) >= 11 is 0. The van der Waals surface area contributed by atoms with Gasteiger partial charge in [0.25, 0.3) is 0 Å². The lowest BCUT2D eigenvalue weighted by atomic mass is 9.85. The van der Waals surface area contributed by atoms with Gasteiger partial charge in [-0.2, -0.15) is 0 Å². The van der Waals surface area contributed by atoms with Crippen LogP contribution in [-0.4, -0.2) is 27.8 Å². The minimum Gasteiger partial charge on any atom is -0.454 e. The molecule has 1 saturated carbocycles. The van der Waals surface area contributed by atoms with Crippen LogP contribution in [0.4, 0.5) is 0 Å². The van der Waals surface area contributed by atoms with Crippen LogP contribution in [0.5, 0.6) is 11.5 Å². The molecule has 3 N–H and O–H groups in total. The predicted octanol–water partition coefficient (Wildman–Crippen LogP) is 1.21. The van der Waals surface area contributed by atoms with Crippen molar-refractivity contribution in [3.8, 4) is 11.5 Å². The van der Waals surface area contributed by atoms with Gasteiger partial charge in [0.2, 0.25) is 16.8 Å². The summed E-state index contributed by atoms with van der Waals surface area (Å²) in [6.45, 7) is 0.637. The van der Waals surface area contributed by atoms with E-state index in [1.165, 1.54) is 12.1 Å². The number of nitrogens with two attached hydrogens (primary N) is 1. The normalized spacial score (nSPS) is 25.0. The van der Waals surface area contributed by atoms with Crippen molar-refractivity contribution in [2.45, 2.75) is 36.6 Å². The maximum Gasteiger partial charge on any atom is 0.240 e. The molecule has 1 aliphatic carbocycles. The molecule has 2 atom stereocenters. The lowest BCUT2D eigenvalue weighted by molar-refractivity contribution is 0.174. The molecule has 6 nitrogen and oxygen atoms in total. The Balaban J connectivity index is 1.80. The van der Waals surface area contributed by atoms with E-state index in [0.29, 0.717) is 18.0 Å². The van der Waals surface area contributed by atoms with Crippen molar-refractivity contribution < 1.29 is 17.9 Å². The first kappa shape index (κ1) is 14.6. The van der Waals surface area contributed by atoms with Gasteiger partial charge in [0, 0.05) is 12.1 Å². The van der Waals surface area contributed by atoms with Gasteiger partial charge >= 0.3 is 0 Å². The van der Waals surface area contributed by atoms with Crippen LogP contribution in [0.1, 0.15) is 25.7 Å². The molecule has 7 heteroatoms. The van der Waals surface area contributed by atoms with Gasteiger partial charge in [-0.15, -0.1) is 0 Å². The van der Waals surface area contributed by atoms with Gasteiger partial charge in [0.15, 0.2) is 11.5 Å². The van der Waals surface area contributed by atoms with Gasteiger partial charge in [-0.05, 0) is 37.4 Å². The van der Waals surface area contributed by atoms with Gasteiger partial charge in [0.1, 0.15) is 0 Å². The molecule has 1 heterocycles. The topological polar surface area (TPSA) is 90.7 Å². The van der Waals surface area contributed by atoms with E-state index in [2.05, 4.69) is 4.72 Å². The first-order chi connectivity index (χ1) is 10.1. The van der Waals surface area contributed by atoms with Crippen molar-refractivity contribution in [3.05, 3.63) is 18.2 Å². The third-order valence-electron chi connectivity index (χ3n) is 4.17. The smallest absolute Gasteiger partial charge is 0.240 e. The fourth-order valence-electron chi connectivity index (χ4n) is 2.96. The first-order valence-corrected chi connectivity index (χ1v) is 8.70. The summed E-state index contributed by atoms with van der Waals surface area (Å²) in [5, 5.41) is 0. The van der Waals surface area contributed by atoms with E-state index >= 15 is 0 Å². The summed E-state index contributed by atoms with van der Waals surface area (Å²) in [5.41, 5.74) is 5.75. The van der Waals surface area contributed by atoms with Crippen molar-refractivity contribution in [3.63, 3.8) is 0 Å². The lowest BCUT2D eigenvalue weighted by Crippen LogP contribution is -2.44. The molecule has 21 heavy (non-hydrogen) atoms. The fourth-order valence-corrected chi connectivity index (χ4v) is 4.31. The van der Waals surface area contributed by atoms with E-state index in [1.807, 2.05) is 0 Å². The minimum absolute atomic E-state index is 0.0841. The summed E-state index contributed by atoms with van der Waals surface area (Å²) < 4.78 is 38.3. The van der Waals surface area contributed by atoms with E-state index < -0.39 is 10.0 Å². The van der Waals surface area contributed by atoms with Crippen LogP contribution in [0.25, 0.3) is 0 Å². The molecule has 0 aromatic heterocycles. The molecule has 0 spiro atoms. The van der Waals surface area contributed by atoms with Gasteiger partial charge in [0.05, 0.1) is 4.90 Å². The summed E-state index contributed by atoms with van der Waals surface area (Å²) in [6, 6.07) is 4.58. The number of fused-ring (bicyclic) bond motifs is 1. The minimum atomic E-state index is -3.57. The van der Waals surface area contributed by atoms with Gasteiger partial charge < -0.3 is 15.2 Å². The number of sulfonamides is 1. The molecule has 116 valence electrons. The summed E-state index contributed by atoms with van der Waals surface area (Å²) in [6.07, 6.45) is 3.96. The molecule has 2 unspecified atom stereocenters. The van der Waals surface area contributed by atoms with E-state index in [0.717, 1.165) is 25.7 Å². The molecule has 1 fully saturated rings. The number of hydrogen-bond donors (Lipinski definition) is 2. The predicted molar refractivity (Wildman–Crippen MR) is 77.7 cm³/mol. The number of ether oxygens (including phenoxy) is 2. The molecule has 0 saturated heterocycles. The highest BCUT2D eigenvalue weighted by atomic mass is 32.2. The van der Waals surface area contributed by atoms with Gasteiger partial charge in [-0.1, -0.05) is 12.8 Å². The molecule has 0 radical (unpaired) electrons. The van der Waals surface area contributed by atoms with Crippen LogP contribution in [0.3, 0.4) is 0 Å². The molecule has 2 aliphatic rings. The van der Waals surface area contributed by atoms with Crippen LogP contribution in [0.15, 0.2) is 23.1 Å². The summed E-state index contributed by atoms with van der Waals surface area (Å²) in [4.78, 5) is 0.202. The van der Waals surface area contributed by atoms with Crippen LogP contribution in [-0.2, 0) is 10.0 Å². The molecule has 1 aromatic carbocycles. The highest BCUT2D eigenvalue weighted by Crippen LogP contribution is 2.34. The van der Waals surface area contributed by atoms with E-state index in [1.54, 1.807) is 6.07 Å². The zero-order chi connectivity index (χ0) is 14.9. The molecule has 1 aromatic rings. The van der Waals surface area contributed by atoms with Crippen molar-refractivity contribution in [1.29, 1.82) is 0 Å². The third-order valence-corrected chi connectivity index (χ3v) is 5.66. The highest BCUT2D eigenvalue weighted by Gasteiger charge is 2.29. The zero-order valence-corrected chi connectivity index (χ0v) is 12.6. The maximum atomic E-state index is 12.5. The molecule has 3 rings (SSSR count). The number of benzene rings is 1. The second kappa shape index (κ2) is 5.82. The number of rotatable bonds is 4. The number of hydrogen-bond acceptors (Lipinski definition) is 5.